The number of hydrogen-bond acceptors (Lipinski definition) is 5. The van der Waals surface area contributed by atoms with E-state index in [1.165, 1.54) is 12.8 Å². The lowest BCUT2D eigenvalue weighted by Crippen LogP contribution is -2.53. The molecule has 3 rings (SSSR count). The number of thiazole rings is 1. The van der Waals surface area contributed by atoms with Crippen molar-refractivity contribution in [3.8, 4) is 0 Å². The Morgan fingerprint density at radius 2 is 2.12 bits per heavy atom. The zero-order valence-corrected chi connectivity index (χ0v) is 16.2. The summed E-state index contributed by atoms with van der Waals surface area (Å²) in [6, 6.07) is 0.661. The zero-order valence-electron chi connectivity index (χ0n) is 15.3. The zero-order chi connectivity index (χ0) is 17.3. The van der Waals surface area contributed by atoms with E-state index in [9.17, 15) is 4.79 Å². The van der Waals surface area contributed by atoms with Crippen LogP contribution in [0.1, 0.15) is 58.6 Å². The molecule has 0 radical (unpaired) electrons. The van der Waals surface area contributed by atoms with E-state index in [4.69, 9.17) is 4.98 Å². The highest BCUT2D eigenvalue weighted by Gasteiger charge is 2.32. The summed E-state index contributed by atoms with van der Waals surface area (Å²) in [5.74, 6) is 0.160. The van der Waals surface area contributed by atoms with Gasteiger partial charge in [0.1, 0.15) is 0 Å². The predicted molar refractivity (Wildman–Crippen MR) is 99.5 cm³/mol. The van der Waals surface area contributed by atoms with Crippen LogP contribution in [-0.2, 0) is 11.3 Å². The van der Waals surface area contributed by atoms with Gasteiger partial charge in [-0.3, -0.25) is 9.69 Å². The molecule has 2 fully saturated rings. The summed E-state index contributed by atoms with van der Waals surface area (Å²) in [4.78, 5) is 22.1. The fourth-order valence-electron chi connectivity index (χ4n) is 3.29. The number of amides is 1. The van der Waals surface area contributed by atoms with Crippen LogP contribution < -0.4 is 10.2 Å². The molecule has 0 bridgehead atoms. The molecule has 24 heavy (non-hydrogen) atoms. The van der Waals surface area contributed by atoms with Gasteiger partial charge in [0.05, 0.1) is 11.7 Å². The van der Waals surface area contributed by atoms with Crippen molar-refractivity contribution < 1.29 is 4.79 Å². The molecule has 1 unspecified atom stereocenters. The van der Waals surface area contributed by atoms with Gasteiger partial charge < -0.3 is 10.2 Å². The highest BCUT2D eigenvalue weighted by molar-refractivity contribution is 7.13. The molecule has 1 saturated heterocycles. The van der Waals surface area contributed by atoms with Crippen LogP contribution in [0.25, 0.3) is 0 Å². The minimum atomic E-state index is -0.180. The first-order valence-corrected chi connectivity index (χ1v) is 9.95. The van der Waals surface area contributed by atoms with Crippen LogP contribution >= 0.6 is 11.3 Å². The average molecular weight is 351 g/mol. The van der Waals surface area contributed by atoms with Gasteiger partial charge in [-0.05, 0) is 53.0 Å². The summed E-state index contributed by atoms with van der Waals surface area (Å²) in [6.07, 6.45) is 5.81. The number of nitrogens with zero attached hydrogens (tertiary/aromatic N) is 3. The molecule has 5 nitrogen and oxygen atoms in total. The van der Waals surface area contributed by atoms with E-state index >= 15 is 0 Å². The SMILES string of the molecule is CN(c1nc(CN2CCCCC2C(=O)NC(C)(C)C)cs1)C1CC1. The second-order valence-electron chi connectivity index (χ2n) is 8.18. The molecule has 1 amide bonds. The van der Waals surface area contributed by atoms with Crippen molar-refractivity contribution in [1.29, 1.82) is 0 Å². The summed E-state index contributed by atoms with van der Waals surface area (Å²) in [5.41, 5.74) is 0.916. The molecule has 2 aliphatic rings. The fraction of sp³-hybridized carbons (Fsp3) is 0.778. The molecular formula is C18H30N4OS. The third kappa shape index (κ3) is 4.48. The van der Waals surface area contributed by atoms with Gasteiger partial charge in [-0.25, -0.2) is 4.98 Å². The number of nitrogens with one attached hydrogen (secondary N) is 1. The summed E-state index contributed by atoms with van der Waals surface area (Å²) >= 11 is 1.72. The van der Waals surface area contributed by atoms with Crippen molar-refractivity contribution >= 4 is 22.4 Å². The lowest BCUT2D eigenvalue weighted by molar-refractivity contribution is -0.129. The quantitative estimate of drug-likeness (QED) is 0.887. The number of piperidine rings is 1. The number of carbonyl (C=O) groups is 1. The van der Waals surface area contributed by atoms with Gasteiger partial charge in [-0.1, -0.05) is 6.42 Å². The summed E-state index contributed by atoms with van der Waals surface area (Å²) in [5, 5.41) is 6.41. The van der Waals surface area contributed by atoms with E-state index in [2.05, 4.69) is 27.5 Å². The van der Waals surface area contributed by atoms with E-state index in [0.29, 0.717) is 6.04 Å². The second-order valence-corrected chi connectivity index (χ2v) is 9.02. The molecule has 1 aliphatic carbocycles. The molecule has 1 atom stereocenters. The fourth-order valence-corrected chi connectivity index (χ4v) is 4.14. The normalized spacial score (nSPS) is 22.4. The predicted octanol–water partition coefficient (Wildman–Crippen LogP) is 3.01. The van der Waals surface area contributed by atoms with Crippen LogP contribution in [0, 0.1) is 0 Å². The topological polar surface area (TPSA) is 48.5 Å². The van der Waals surface area contributed by atoms with Crippen molar-refractivity contribution in [2.75, 3.05) is 18.5 Å². The molecule has 2 heterocycles. The lowest BCUT2D eigenvalue weighted by atomic mass is 9.99. The monoisotopic (exact) mass is 350 g/mol. The molecule has 1 saturated carbocycles. The highest BCUT2D eigenvalue weighted by atomic mass is 32.1. The van der Waals surface area contributed by atoms with Crippen LogP contribution in [0.15, 0.2) is 5.38 Å². The molecule has 6 heteroatoms. The van der Waals surface area contributed by atoms with Crippen molar-refractivity contribution in [2.45, 2.75) is 77.0 Å². The van der Waals surface area contributed by atoms with Crippen molar-refractivity contribution in [3.05, 3.63) is 11.1 Å². The Bertz CT molecular complexity index is 576. The molecule has 1 N–H and O–H groups in total. The number of anilines is 1. The van der Waals surface area contributed by atoms with Gasteiger partial charge in [0.25, 0.3) is 0 Å². The number of likely N-dealkylation sites (tertiary alicyclic amines) is 1. The Kier molecular flexibility index (Phi) is 5.16. The van der Waals surface area contributed by atoms with Crippen molar-refractivity contribution in [3.63, 3.8) is 0 Å². The van der Waals surface area contributed by atoms with Gasteiger partial charge >= 0.3 is 0 Å². The van der Waals surface area contributed by atoms with Crippen LogP contribution in [0.2, 0.25) is 0 Å². The van der Waals surface area contributed by atoms with Gasteiger partial charge in [-0.2, -0.15) is 0 Å². The summed E-state index contributed by atoms with van der Waals surface area (Å²) < 4.78 is 0. The van der Waals surface area contributed by atoms with E-state index in [1.54, 1.807) is 11.3 Å². The number of carbonyl (C=O) groups excluding carboxylic acids is 1. The third-order valence-electron chi connectivity index (χ3n) is 4.72. The minimum absolute atomic E-state index is 0.0238. The second kappa shape index (κ2) is 7.00. The Balaban J connectivity index is 1.64. The van der Waals surface area contributed by atoms with Crippen LogP contribution in [0.4, 0.5) is 5.13 Å². The van der Waals surface area contributed by atoms with E-state index in [1.807, 2.05) is 20.8 Å². The number of hydrogen-bond donors (Lipinski definition) is 1. The largest absolute Gasteiger partial charge is 0.350 e. The minimum Gasteiger partial charge on any atom is -0.350 e. The van der Waals surface area contributed by atoms with E-state index < -0.39 is 0 Å². The molecule has 0 aromatic carbocycles. The third-order valence-corrected chi connectivity index (χ3v) is 5.70. The number of rotatable bonds is 5. The summed E-state index contributed by atoms with van der Waals surface area (Å²) in [7, 11) is 2.14. The Morgan fingerprint density at radius 3 is 2.79 bits per heavy atom. The van der Waals surface area contributed by atoms with Gasteiger partial charge in [0.2, 0.25) is 5.91 Å². The average Bonchev–Trinajstić information content (AvgIpc) is 3.25. The van der Waals surface area contributed by atoms with E-state index in [-0.39, 0.29) is 17.5 Å². The van der Waals surface area contributed by atoms with Crippen LogP contribution in [0.5, 0.6) is 0 Å². The Hall–Kier alpha value is -1.14. The van der Waals surface area contributed by atoms with Gasteiger partial charge in [0.15, 0.2) is 5.13 Å². The maximum Gasteiger partial charge on any atom is 0.237 e. The summed E-state index contributed by atoms with van der Waals surface area (Å²) in [6.45, 7) is 7.88. The maximum absolute atomic E-state index is 12.6. The van der Waals surface area contributed by atoms with Gasteiger partial charge in [0, 0.05) is 30.6 Å². The van der Waals surface area contributed by atoms with E-state index in [0.717, 1.165) is 43.2 Å². The van der Waals surface area contributed by atoms with Crippen LogP contribution in [-0.4, -0.2) is 47.0 Å². The standard InChI is InChI=1S/C18H30N4OS/c1-18(2,3)20-16(23)15-7-5-6-10-22(15)11-13-12-24-17(19-13)21(4)14-8-9-14/h12,14-15H,5-11H2,1-4H3,(H,20,23). The Morgan fingerprint density at radius 1 is 1.38 bits per heavy atom. The first-order chi connectivity index (χ1) is 11.3. The lowest BCUT2D eigenvalue weighted by Gasteiger charge is -2.36. The first-order valence-electron chi connectivity index (χ1n) is 9.07. The molecule has 134 valence electrons. The molecule has 0 spiro atoms. The maximum atomic E-state index is 12.6. The first kappa shape index (κ1) is 17.7. The smallest absolute Gasteiger partial charge is 0.237 e. The van der Waals surface area contributed by atoms with Crippen molar-refractivity contribution in [2.24, 2.45) is 0 Å². The highest BCUT2D eigenvalue weighted by Crippen LogP contribution is 2.32. The number of aromatic nitrogens is 1. The molecular weight excluding hydrogens is 320 g/mol. The van der Waals surface area contributed by atoms with Gasteiger partial charge in [-0.15, -0.1) is 11.3 Å². The van der Waals surface area contributed by atoms with Crippen LogP contribution in [0.3, 0.4) is 0 Å². The molecule has 1 aliphatic heterocycles. The van der Waals surface area contributed by atoms with Crippen molar-refractivity contribution in [1.82, 2.24) is 15.2 Å². The Labute approximate surface area is 149 Å². The molecule has 1 aromatic heterocycles. The molecule has 1 aromatic rings.